The van der Waals surface area contributed by atoms with Gasteiger partial charge < -0.3 is 0 Å². The van der Waals surface area contributed by atoms with Crippen molar-refractivity contribution in [1.82, 2.24) is 0 Å². The fourth-order valence-corrected chi connectivity index (χ4v) is 12.8. The van der Waals surface area contributed by atoms with Crippen LogP contribution in [0.5, 0.6) is 0 Å². The van der Waals surface area contributed by atoms with E-state index in [0.29, 0.717) is 11.1 Å². The number of thiophene rings is 1. The molecule has 0 saturated heterocycles. The third-order valence-corrected chi connectivity index (χ3v) is 15.4. The molecule has 0 radical (unpaired) electrons. The van der Waals surface area contributed by atoms with E-state index in [9.17, 15) is 10.5 Å². The first-order chi connectivity index (χ1) is 33.2. The molecule has 0 N–H and O–H groups in total. The van der Waals surface area contributed by atoms with Gasteiger partial charge in [-0.2, -0.15) is 10.5 Å². The Labute approximate surface area is 389 Å². The van der Waals surface area contributed by atoms with E-state index in [1.54, 1.807) is 6.07 Å². The van der Waals surface area contributed by atoms with Crippen LogP contribution in [0.3, 0.4) is 0 Å². The molecule has 1 aromatic heterocycles. The van der Waals surface area contributed by atoms with E-state index in [2.05, 4.69) is 200 Å². The summed E-state index contributed by atoms with van der Waals surface area (Å²) in [5.74, 6) is 0. The Morgan fingerprint density at radius 2 is 0.701 bits per heavy atom. The number of rotatable bonds is 3. The molecule has 306 valence electrons. The lowest BCUT2D eigenvalue weighted by Gasteiger charge is -2.22. The molecule has 14 aromatic rings. The largest absolute Gasteiger partial charge is 0.192 e. The van der Waals surface area contributed by atoms with Crippen molar-refractivity contribution in [1.29, 1.82) is 10.5 Å². The molecule has 0 atom stereocenters. The average molecular weight is 863 g/mol. The second-order valence-electron chi connectivity index (χ2n) is 17.6. The maximum Gasteiger partial charge on any atom is 0.0992 e. The summed E-state index contributed by atoms with van der Waals surface area (Å²) in [6.45, 7) is 0. The Morgan fingerprint density at radius 3 is 1.25 bits per heavy atom. The molecular formula is C64H34N2S. The van der Waals surface area contributed by atoms with E-state index in [4.69, 9.17) is 0 Å². The predicted octanol–water partition coefficient (Wildman–Crippen LogP) is 18.0. The van der Waals surface area contributed by atoms with E-state index in [1.165, 1.54) is 107 Å². The summed E-state index contributed by atoms with van der Waals surface area (Å²) in [5.41, 5.74) is 7.57. The second-order valence-corrected chi connectivity index (χ2v) is 18.7. The van der Waals surface area contributed by atoms with Crippen molar-refractivity contribution < 1.29 is 0 Å². The zero-order valence-corrected chi connectivity index (χ0v) is 36.7. The smallest absolute Gasteiger partial charge is 0.0992 e. The maximum absolute atomic E-state index is 10.0. The molecule has 0 amide bonds. The van der Waals surface area contributed by atoms with Crippen molar-refractivity contribution >= 4 is 118 Å². The highest BCUT2D eigenvalue weighted by molar-refractivity contribution is 7.27. The lowest BCUT2D eigenvalue weighted by atomic mass is 9.80. The summed E-state index contributed by atoms with van der Waals surface area (Å²) in [7, 11) is 0. The van der Waals surface area contributed by atoms with Gasteiger partial charge in [0.2, 0.25) is 0 Å². The molecule has 67 heavy (non-hydrogen) atoms. The van der Waals surface area contributed by atoms with E-state index in [-0.39, 0.29) is 0 Å². The normalized spacial score (nSPS) is 11.9. The molecule has 3 heteroatoms. The van der Waals surface area contributed by atoms with Gasteiger partial charge in [-0.3, -0.25) is 0 Å². The van der Waals surface area contributed by atoms with Crippen molar-refractivity contribution in [2.75, 3.05) is 0 Å². The molecule has 0 unspecified atom stereocenters. The Kier molecular flexibility index (Phi) is 8.02. The third-order valence-electron chi connectivity index (χ3n) is 14.2. The first kappa shape index (κ1) is 37.5. The van der Waals surface area contributed by atoms with Crippen LogP contribution in [0, 0.1) is 22.7 Å². The molecule has 1 heterocycles. The van der Waals surface area contributed by atoms with Gasteiger partial charge in [0, 0.05) is 20.2 Å². The van der Waals surface area contributed by atoms with Gasteiger partial charge in [-0.25, -0.2) is 0 Å². The van der Waals surface area contributed by atoms with Gasteiger partial charge >= 0.3 is 0 Å². The lowest BCUT2D eigenvalue weighted by molar-refractivity contribution is 1.45. The molecule has 0 bridgehead atoms. The van der Waals surface area contributed by atoms with Gasteiger partial charge in [-0.1, -0.05) is 176 Å². The third kappa shape index (κ3) is 5.35. The van der Waals surface area contributed by atoms with Gasteiger partial charge in [-0.05, 0) is 150 Å². The van der Waals surface area contributed by atoms with E-state index < -0.39 is 0 Å². The quantitative estimate of drug-likeness (QED) is 0.131. The Bertz CT molecular complexity index is 4430. The van der Waals surface area contributed by atoms with Crippen LogP contribution >= 0.6 is 11.3 Å². The monoisotopic (exact) mass is 862 g/mol. The summed E-state index contributed by atoms with van der Waals surface area (Å²) in [5, 5.41) is 42.0. The Balaban J connectivity index is 1.06. The van der Waals surface area contributed by atoms with Crippen LogP contribution < -0.4 is 0 Å². The molecule has 2 nitrogen and oxygen atoms in total. The van der Waals surface area contributed by atoms with Gasteiger partial charge in [0.05, 0.1) is 23.3 Å². The predicted molar refractivity (Wildman–Crippen MR) is 285 cm³/mol. The minimum absolute atomic E-state index is 0.468. The van der Waals surface area contributed by atoms with Crippen LogP contribution in [0.25, 0.3) is 140 Å². The highest BCUT2D eigenvalue weighted by atomic mass is 32.1. The Morgan fingerprint density at radius 1 is 0.284 bits per heavy atom. The zero-order valence-electron chi connectivity index (χ0n) is 35.9. The number of nitrogens with zero attached hydrogens (tertiary/aromatic N) is 2. The van der Waals surface area contributed by atoms with Crippen LogP contribution in [0.4, 0.5) is 0 Å². The van der Waals surface area contributed by atoms with Gasteiger partial charge in [0.1, 0.15) is 0 Å². The molecule has 13 aromatic carbocycles. The lowest BCUT2D eigenvalue weighted by Crippen LogP contribution is -1.95. The van der Waals surface area contributed by atoms with E-state index >= 15 is 0 Å². The molecule has 0 saturated carbocycles. The number of nitriles is 2. The van der Waals surface area contributed by atoms with Crippen LogP contribution in [-0.2, 0) is 0 Å². The summed E-state index contributed by atoms with van der Waals surface area (Å²) >= 11 is 1.90. The Hall–Kier alpha value is -8.86. The minimum Gasteiger partial charge on any atom is -0.192 e. The number of benzene rings is 13. The van der Waals surface area contributed by atoms with Crippen molar-refractivity contribution in [3.05, 3.63) is 217 Å². The van der Waals surface area contributed by atoms with Crippen LogP contribution in [0.15, 0.2) is 206 Å². The molecule has 0 spiro atoms. The zero-order chi connectivity index (χ0) is 44.3. The molecule has 0 aliphatic carbocycles. The average Bonchev–Trinajstić information content (AvgIpc) is 3.79. The van der Waals surface area contributed by atoms with E-state index in [1.807, 2.05) is 23.5 Å². The number of fused-ring (bicyclic) bond motifs is 16. The van der Waals surface area contributed by atoms with Crippen LogP contribution in [0.1, 0.15) is 11.1 Å². The number of hydrogen-bond donors (Lipinski definition) is 0. The topological polar surface area (TPSA) is 47.6 Å². The summed E-state index contributed by atoms with van der Waals surface area (Å²) in [6, 6.07) is 79.3. The minimum atomic E-state index is 0.468. The molecule has 0 aliphatic rings. The second kappa shape index (κ2) is 14.3. The van der Waals surface area contributed by atoms with Gasteiger partial charge in [-0.15, -0.1) is 11.3 Å². The maximum atomic E-state index is 10.0. The molecule has 0 fully saturated rings. The van der Waals surface area contributed by atoms with Gasteiger partial charge in [0.15, 0.2) is 0 Å². The summed E-state index contributed by atoms with van der Waals surface area (Å²) in [6.07, 6.45) is 0. The molecular weight excluding hydrogens is 829 g/mol. The van der Waals surface area contributed by atoms with Crippen LogP contribution in [0.2, 0.25) is 0 Å². The standard InChI is InChI=1S/C64H34N2S/c65-35-37-31-38(36-66)33-41(32-37)59-48-19-7-11-23-52(48)61(53-24-12-8-20-49(53)59)60-50-21-9-5-17-46(50)58(47-18-6-10-22-51(47)60)40-26-27-44-54-29-30-57-63(62(54)45-16-4-3-15-43(45)56(44)34-40)55-28-25-39-13-1-2-14-42(39)64(55)67-57/h1-34H. The fraction of sp³-hybridized carbons (Fsp3) is 0. The van der Waals surface area contributed by atoms with Crippen molar-refractivity contribution in [3.8, 4) is 45.5 Å². The first-order valence-electron chi connectivity index (χ1n) is 22.6. The molecule has 14 rings (SSSR count). The SMILES string of the molecule is N#Cc1cc(C#N)cc(-c2c3ccccc3c(-c3c4ccccc4c(-c4ccc5c(c4)c4ccccc4c4c5ccc5sc6c7ccccc7ccc6c54)c4ccccc34)c3ccccc23)c1. The van der Waals surface area contributed by atoms with Gasteiger partial charge in [0.25, 0.3) is 0 Å². The van der Waals surface area contributed by atoms with E-state index in [0.717, 1.165) is 32.7 Å². The first-order valence-corrected chi connectivity index (χ1v) is 23.4. The van der Waals surface area contributed by atoms with Crippen LogP contribution in [-0.4, -0.2) is 0 Å². The fourth-order valence-electron chi connectivity index (χ4n) is 11.5. The highest BCUT2D eigenvalue weighted by Crippen LogP contribution is 2.52. The van der Waals surface area contributed by atoms with Crippen molar-refractivity contribution in [2.24, 2.45) is 0 Å². The molecule has 0 aliphatic heterocycles. The summed E-state index contributed by atoms with van der Waals surface area (Å²) in [4.78, 5) is 0. The summed E-state index contributed by atoms with van der Waals surface area (Å²) < 4.78 is 2.66. The number of hydrogen-bond acceptors (Lipinski definition) is 3. The highest BCUT2D eigenvalue weighted by Gasteiger charge is 2.24. The van der Waals surface area contributed by atoms with Crippen molar-refractivity contribution in [3.63, 3.8) is 0 Å². The van der Waals surface area contributed by atoms with Crippen molar-refractivity contribution in [2.45, 2.75) is 0 Å².